The zero-order valence-corrected chi connectivity index (χ0v) is 8.49. The number of ether oxygens (including phenoxy) is 1. The molecule has 1 aliphatic heterocycles. The molecular weight excluding hydrogens is 176 g/mol. The molecule has 1 heterocycles. The smallest absolute Gasteiger partial charge is 0.315 e. The fourth-order valence-electron chi connectivity index (χ4n) is 1.63. The Hall–Kier alpha value is -1.31. The van der Waals surface area contributed by atoms with Crippen LogP contribution in [0.5, 0.6) is 0 Å². The van der Waals surface area contributed by atoms with Crippen molar-refractivity contribution in [3.8, 4) is 0 Å². The van der Waals surface area contributed by atoms with Crippen molar-refractivity contribution in [2.75, 3.05) is 0 Å². The van der Waals surface area contributed by atoms with Gasteiger partial charge in [0.2, 0.25) is 0 Å². The van der Waals surface area contributed by atoms with Crippen molar-refractivity contribution >= 4 is 5.97 Å². The lowest BCUT2D eigenvalue weighted by atomic mass is 9.78. The summed E-state index contributed by atoms with van der Waals surface area (Å²) in [5, 5.41) is 0. The summed E-state index contributed by atoms with van der Waals surface area (Å²) in [6.07, 6.45) is 0.858. The zero-order valence-electron chi connectivity index (χ0n) is 8.49. The van der Waals surface area contributed by atoms with Gasteiger partial charge in [0.1, 0.15) is 6.10 Å². The van der Waals surface area contributed by atoms with Crippen molar-refractivity contribution in [3.05, 3.63) is 35.9 Å². The van der Waals surface area contributed by atoms with E-state index < -0.39 is 0 Å². The summed E-state index contributed by atoms with van der Waals surface area (Å²) in [5.74, 6) is -0.0848. The topological polar surface area (TPSA) is 26.3 Å². The molecule has 0 radical (unpaired) electrons. The Labute approximate surface area is 83.9 Å². The molecular formula is C12H14O2. The van der Waals surface area contributed by atoms with Gasteiger partial charge in [0, 0.05) is 6.42 Å². The molecule has 0 N–H and O–H groups in total. The van der Waals surface area contributed by atoms with Gasteiger partial charge in [-0.25, -0.2) is 0 Å². The minimum atomic E-state index is -0.310. The largest absolute Gasteiger partial charge is 0.460 e. The third-order valence-corrected chi connectivity index (χ3v) is 2.84. The van der Waals surface area contributed by atoms with Crippen LogP contribution in [0.15, 0.2) is 30.3 Å². The van der Waals surface area contributed by atoms with Crippen molar-refractivity contribution in [1.82, 2.24) is 0 Å². The highest BCUT2D eigenvalue weighted by Crippen LogP contribution is 2.37. The third-order valence-electron chi connectivity index (χ3n) is 2.84. The molecule has 0 spiro atoms. The predicted molar refractivity (Wildman–Crippen MR) is 53.8 cm³/mol. The van der Waals surface area contributed by atoms with Gasteiger partial charge < -0.3 is 4.74 Å². The Kier molecular flexibility index (Phi) is 2.06. The summed E-state index contributed by atoms with van der Waals surface area (Å²) >= 11 is 0. The van der Waals surface area contributed by atoms with Gasteiger partial charge in [-0.2, -0.15) is 0 Å². The number of esters is 1. The molecule has 0 aromatic heterocycles. The number of rotatable bonds is 2. The molecule has 1 atom stereocenters. The highest BCUT2D eigenvalue weighted by atomic mass is 16.6. The monoisotopic (exact) mass is 190 g/mol. The van der Waals surface area contributed by atoms with Gasteiger partial charge in [-0.3, -0.25) is 4.79 Å². The Morgan fingerprint density at radius 3 is 2.43 bits per heavy atom. The van der Waals surface area contributed by atoms with Gasteiger partial charge in [0.05, 0.1) is 5.41 Å². The Morgan fingerprint density at radius 1 is 1.29 bits per heavy atom. The second-order valence-electron chi connectivity index (χ2n) is 4.31. The fraction of sp³-hybridized carbons (Fsp3) is 0.417. The van der Waals surface area contributed by atoms with Gasteiger partial charge in [0.15, 0.2) is 0 Å². The maximum Gasteiger partial charge on any atom is 0.315 e. The van der Waals surface area contributed by atoms with E-state index in [4.69, 9.17) is 4.74 Å². The Bertz CT molecular complexity index is 341. The van der Waals surface area contributed by atoms with E-state index in [2.05, 4.69) is 12.1 Å². The second-order valence-corrected chi connectivity index (χ2v) is 4.31. The highest BCUT2D eigenvalue weighted by Gasteiger charge is 2.50. The maximum atomic E-state index is 11.1. The van der Waals surface area contributed by atoms with Crippen LogP contribution in [0.1, 0.15) is 19.4 Å². The van der Waals surface area contributed by atoms with Crippen LogP contribution in [0.3, 0.4) is 0 Å². The Balaban J connectivity index is 2.04. The van der Waals surface area contributed by atoms with E-state index in [-0.39, 0.29) is 17.5 Å². The van der Waals surface area contributed by atoms with Gasteiger partial charge in [0.25, 0.3) is 0 Å². The quantitative estimate of drug-likeness (QED) is 0.668. The molecule has 74 valence electrons. The standard InChI is InChI=1S/C12H14O2/c1-12(2)10(14-11(12)13)8-9-6-4-3-5-7-9/h3-7,10H,8H2,1-2H3. The summed E-state index contributed by atoms with van der Waals surface area (Å²) in [6, 6.07) is 10.1. The number of carbonyl (C=O) groups is 1. The number of cyclic esters (lactones) is 1. The van der Waals surface area contributed by atoms with Crippen LogP contribution < -0.4 is 0 Å². The SMILES string of the molecule is CC1(C)C(=O)OC1Cc1ccccc1. The van der Waals surface area contributed by atoms with E-state index >= 15 is 0 Å². The van der Waals surface area contributed by atoms with Crippen LogP contribution in [0.25, 0.3) is 0 Å². The molecule has 1 aliphatic rings. The van der Waals surface area contributed by atoms with Crippen molar-refractivity contribution in [2.45, 2.75) is 26.4 Å². The summed E-state index contributed by atoms with van der Waals surface area (Å²) in [4.78, 5) is 11.1. The first-order chi connectivity index (χ1) is 6.60. The van der Waals surface area contributed by atoms with E-state index in [0.717, 1.165) is 6.42 Å². The highest BCUT2D eigenvalue weighted by molar-refractivity contribution is 5.82. The Morgan fingerprint density at radius 2 is 1.93 bits per heavy atom. The van der Waals surface area contributed by atoms with E-state index in [9.17, 15) is 4.79 Å². The average Bonchev–Trinajstić information content (AvgIpc) is 2.19. The van der Waals surface area contributed by atoms with E-state index in [1.165, 1.54) is 5.56 Å². The molecule has 1 unspecified atom stereocenters. The summed E-state index contributed by atoms with van der Waals surface area (Å²) in [5.41, 5.74) is 0.911. The van der Waals surface area contributed by atoms with Crippen LogP contribution in [0.2, 0.25) is 0 Å². The van der Waals surface area contributed by atoms with Gasteiger partial charge >= 0.3 is 5.97 Å². The minimum absolute atomic E-state index is 0.0393. The van der Waals surface area contributed by atoms with E-state index in [1.807, 2.05) is 32.0 Å². The van der Waals surface area contributed by atoms with E-state index in [1.54, 1.807) is 0 Å². The van der Waals surface area contributed by atoms with Crippen molar-refractivity contribution in [1.29, 1.82) is 0 Å². The lowest BCUT2D eigenvalue weighted by Gasteiger charge is -2.41. The van der Waals surface area contributed by atoms with Gasteiger partial charge in [-0.15, -0.1) is 0 Å². The molecule has 0 aliphatic carbocycles. The number of hydrogen-bond acceptors (Lipinski definition) is 2. The van der Waals surface area contributed by atoms with Crippen LogP contribution in [0, 0.1) is 5.41 Å². The molecule has 1 aromatic carbocycles. The first kappa shape index (κ1) is 9.25. The van der Waals surface area contributed by atoms with E-state index in [0.29, 0.717) is 0 Å². The molecule has 2 rings (SSSR count). The summed E-state index contributed by atoms with van der Waals surface area (Å²) < 4.78 is 5.12. The van der Waals surface area contributed by atoms with Gasteiger partial charge in [-0.05, 0) is 19.4 Å². The van der Waals surface area contributed by atoms with Crippen molar-refractivity contribution in [2.24, 2.45) is 5.41 Å². The third kappa shape index (κ3) is 1.41. The molecule has 1 fully saturated rings. The minimum Gasteiger partial charge on any atom is -0.460 e. The fourth-order valence-corrected chi connectivity index (χ4v) is 1.63. The van der Waals surface area contributed by atoms with Crippen LogP contribution in [-0.2, 0) is 16.0 Å². The summed E-state index contributed by atoms with van der Waals surface area (Å²) in [6.45, 7) is 3.87. The van der Waals surface area contributed by atoms with Crippen LogP contribution >= 0.6 is 0 Å². The molecule has 0 saturated carbocycles. The molecule has 1 aromatic rings. The summed E-state index contributed by atoms with van der Waals surface area (Å²) in [7, 11) is 0. The first-order valence-electron chi connectivity index (χ1n) is 4.86. The molecule has 1 saturated heterocycles. The zero-order chi connectivity index (χ0) is 10.2. The lowest BCUT2D eigenvalue weighted by molar-refractivity contribution is -0.200. The number of benzene rings is 1. The van der Waals surface area contributed by atoms with Crippen molar-refractivity contribution in [3.63, 3.8) is 0 Å². The number of hydrogen-bond donors (Lipinski definition) is 0. The van der Waals surface area contributed by atoms with Crippen LogP contribution in [0.4, 0.5) is 0 Å². The molecule has 0 bridgehead atoms. The van der Waals surface area contributed by atoms with Gasteiger partial charge in [-0.1, -0.05) is 30.3 Å². The van der Waals surface area contributed by atoms with Crippen molar-refractivity contribution < 1.29 is 9.53 Å². The molecule has 0 amide bonds. The van der Waals surface area contributed by atoms with Crippen LogP contribution in [-0.4, -0.2) is 12.1 Å². The lowest BCUT2D eigenvalue weighted by Crippen LogP contribution is -2.53. The normalized spacial score (nSPS) is 23.9. The molecule has 2 heteroatoms. The number of carbonyl (C=O) groups excluding carboxylic acids is 1. The maximum absolute atomic E-state index is 11.1. The predicted octanol–water partition coefficient (Wildman–Crippen LogP) is 2.18. The first-order valence-corrected chi connectivity index (χ1v) is 4.86. The molecule has 2 nitrogen and oxygen atoms in total. The average molecular weight is 190 g/mol. The molecule has 14 heavy (non-hydrogen) atoms. The second kappa shape index (κ2) is 3.12.